The SMILES string of the molecule is CC(c1ccccc1)c1nnc2n1CC(N)CC2. The third-order valence-corrected chi connectivity index (χ3v) is 3.70. The first kappa shape index (κ1) is 11.4. The van der Waals surface area contributed by atoms with Crippen molar-refractivity contribution in [2.45, 2.75) is 38.3 Å². The number of aromatic nitrogens is 3. The molecule has 1 aromatic carbocycles. The van der Waals surface area contributed by atoms with Crippen LogP contribution in [0.2, 0.25) is 0 Å². The molecule has 1 aliphatic heterocycles. The fraction of sp³-hybridized carbons (Fsp3) is 0.429. The van der Waals surface area contributed by atoms with Crippen molar-refractivity contribution in [1.82, 2.24) is 14.8 Å². The molecule has 4 nitrogen and oxygen atoms in total. The van der Waals surface area contributed by atoms with Crippen LogP contribution in [-0.4, -0.2) is 20.8 Å². The van der Waals surface area contributed by atoms with E-state index in [-0.39, 0.29) is 12.0 Å². The van der Waals surface area contributed by atoms with Gasteiger partial charge >= 0.3 is 0 Å². The Hall–Kier alpha value is -1.68. The van der Waals surface area contributed by atoms with E-state index in [1.54, 1.807) is 0 Å². The van der Waals surface area contributed by atoms with Crippen LogP contribution in [0.3, 0.4) is 0 Å². The van der Waals surface area contributed by atoms with E-state index in [1.165, 1.54) is 5.56 Å². The average Bonchev–Trinajstić information content (AvgIpc) is 2.82. The van der Waals surface area contributed by atoms with Gasteiger partial charge in [-0.1, -0.05) is 37.3 Å². The molecular formula is C14H18N4. The van der Waals surface area contributed by atoms with Crippen LogP contribution in [0.5, 0.6) is 0 Å². The molecule has 1 aliphatic rings. The van der Waals surface area contributed by atoms with Gasteiger partial charge in [0.25, 0.3) is 0 Å². The second-order valence-electron chi connectivity index (χ2n) is 5.02. The van der Waals surface area contributed by atoms with Gasteiger partial charge in [-0.3, -0.25) is 0 Å². The quantitative estimate of drug-likeness (QED) is 0.872. The summed E-state index contributed by atoms with van der Waals surface area (Å²) in [5, 5.41) is 8.66. The Labute approximate surface area is 107 Å². The van der Waals surface area contributed by atoms with Gasteiger partial charge in [0.05, 0.1) is 0 Å². The Kier molecular flexibility index (Phi) is 2.88. The molecule has 0 amide bonds. The molecule has 2 N–H and O–H groups in total. The highest BCUT2D eigenvalue weighted by Gasteiger charge is 2.23. The van der Waals surface area contributed by atoms with Gasteiger partial charge in [0, 0.05) is 24.9 Å². The first-order valence-electron chi connectivity index (χ1n) is 6.48. The smallest absolute Gasteiger partial charge is 0.140 e. The van der Waals surface area contributed by atoms with Crippen molar-refractivity contribution < 1.29 is 0 Å². The lowest BCUT2D eigenvalue weighted by atomic mass is 9.99. The van der Waals surface area contributed by atoms with Crippen LogP contribution in [0.1, 0.15) is 36.5 Å². The summed E-state index contributed by atoms with van der Waals surface area (Å²) >= 11 is 0. The zero-order valence-electron chi connectivity index (χ0n) is 10.6. The first-order chi connectivity index (χ1) is 8.75. The Morgan fingerprint density at radius 3 is 2.83 bits per heavy atom. The van der Waals surface area contributed by atoms with Gasteiger partial charge in [-0.05, 0) is 12.0 Å². The van der Waals surface area contributed by atoms with E-state index in [4.69, 9.17) is 5.73 Å². The van der Waals surface area contributed by atoms with Crippen molar-refractivity contribution in [3.8, 4) is 0 Å². The van der Waals surface area contributed by atoms with Crippen molar-refractivity contribution in [2.24, 2.45) is 5.73 Å². The number of aryl methyl sites for hydroxylation is 1. The molecule has 2 atom stereocenters. The highest BCUT2D eigenvalue weighted by molar-refractivity contribution is 5.25. The monoisotopic (exact) mass is 242 g/mol. The molecule has 0 fully saturated rings. The van der Waals surface area contributed by atoms with Gasteiger partial charge in [0.2, 0.25) is 0 Å². The zero-order chi connectivity index (χ0) is 12.5. The van der Waals surface area contributed by atoms with Gasteiger partial charge in [0.1, 0.15) is 11.6 Å². The van der Waals surface area contributed by atoms with E-state index < -0.39 is 0 Å². The highest BCUT2D eigenvalue weighted by atomic mass is 15.3. The van der Waals surface area contributed by atoms with E-state index in [1.807, 2.05) is 6.07 Å². The summed E-state index contributed by atoms with van der Waals surface area (Å²) in [4.78, 5) is 0. The van der Waals surface area contributed by atoms with Crippen LogP contribution in [-0.2, 0) is 13.0 Å². The molecule has 4 heteroatoms. The van der Waals surface area contributed by atoms with Crippen LogP contribution in [0.25, 0.3) is 0 Å². The zero-order valence-corrected chi connectivity index (χ0v) is 10.6. The molecule has 94 valence electrons. The number of hydrogen-bond acceptors (Lipinski definition) is 3. The Morgan fingerprint density at radius 1 is 1.28 bits per heavy atom. The Balaban J connectivity index is 1.96. The number of nitrogens with two attached hydrogens (primary N) is 1. The molecule has 0 saturated carbocycles. The minimum atomic E-state index is 0.232. The third kappa shape index (κ3) is 1.93. The van der Waals surface area contributed by atoms with Crippen molar-refractivity contribution in [1.29, 1.82) is 0 Å². The topological polar surface area (TPSA) is 56.7 Å². The lowest BCUT2D eigenvalue weighted by Crippen LogP contribution is -2.33. The van der Waals surface area contributed by atoms with Crippen molar-refractivity contribution in [3.05, 3.63) is 47.5 Å². The molecule has 0 bridgehead atoms. The number of nitrogens with zero attached hydrogens (tertiary/aromatic N) is 3. The normalized spacial score (nSPS) is 20.4. The molecule has 2 unspecified atom stereocenters. The molecule has 1 aromatic heterocycles. The summed E-state index contributed by atoms with van der Waals surface area (Å²) in [6, 6.07) is 10.7. The fourth-order valence-electron chi connectivity index (χ4n) is 2.58. The lowest BCUT2D eigenvalue weighted by molar-refractivity contribution is 0.440. The standard InChI is InChI=1S/C14H18N4/c1-10(11-5-3-2-4-6-11)14-17-16-13-8-7-12(15)9-18(13)14/h2-6,10,12H,7-9,15H2,1H3. The predicted octanol–water partition coefficient (Wildman–Crippen LogP) is 1.70. The van der Waals surface area contributed by atoms with Crippen LogP contribution in [0.15, 0.2) is 30.3 Å². The number of rotatable bonds is 2. The first-order valence-corrected chi connectivity index (χ1v) is 6.48. The minimum Gasteiger partial charge on any atom is -0.326 e. The van der Waals surface area contributed by atoms with Gasteiger partial charge in [-0.2, -0.15) is 0 Å². The molecule has 0 aliphatic carbocycles. The molecule has 0 radical (unpaired) electrons. The lowest BCUT2D eigenvalue weighted by Gasteiger charge is -2.22. The summed E-state index contributed by atoms with van der Waals surface area (Å²) < 4.78 is 2.20. The van der Waals surface area contributed by atoms with E-state index in [2.05, 4.69) is 46.0 Å². The Bertz CT molecular complexity index is 532. The predicted molar refractivity (Wildman–Crippen MR) is 70.3 cm³/mol. The minimum absolute atomic E-state index is 0.232. The number of benzene rings is 1. The molecular weight excluding hydrogens is 224 g/mol. The van der Waals surface area contributed by atoms with E-state index in [0.29, 0.717) is 0 Å². The summed E-state index contributed by atoms with van der Waals surface area (Å²) in [6.07, 6.45) is 1.95. The van der Waals surface area contributed by atoms with Crippen molar-refractivity contribution >= 4 is 0 Å². The summed E-state index contributed by atoms with van der Waals surface area (Å²) in [7, 11) is 0. The molecule has 0 spiro atoms. The van der Waals surface area contributed by atoms with Crippen LogP contribution >= 0.6 is 0 Å². The van der Waals surface area contributed by atoms with E-state index >= 15 is 0 Å². The molecule has 18 heavy (non-hydrogen) atoms. The maximum absolute atomic E-state index is 6.04. The average molecular weight is 242 g/mol. The van der Waals surface area contributed by atoms with Crippen LogP contribution in [0, 0.1) is 0 Å². The molecule has 3 rings (SSSR count). The van der Waals surface area contributed by atoms with Crippen molar-refractivity contribution in [2.75, 3.05) is 0 Å². The summed E-state index contributed by atoms with van der Waals surface area (Å²) in [6.45, 7) is 3.02. The summed E-state index contributed by atoms with van der Waals surface area (Å²) in [5.74, 6) is 2.37. The molecule has 2 heterocycles. The van der Waals surface area contributed by atoms with Gasteiger partial charge in [-0.25, -0.2) is 0 Å². The van der Waals surface area contributed by atoms with Crippen molar-refractivity contribution in [3.63, 3.8) is 0 Å². The fourth-order valence-corrected chi connectivity index (χ4v) is 2.58. The van der Waals surface area contributed by atoms with E-state index in [0.717, 1.165) is 31.0 Å². The summed E-state index contributed by atoms with van der Waals surface area (Å²) in [5.41, 5.74) is 7.31. The Morgan fingerprint density at radius 2 is 2.06 bits per heavy atom. The number of fused-ring (bicyclic) bond motifs is 1. The maximum Gasteiger partial charge on any atom is 0.140 e. The second-order valence-corrected chi connectivity index (χ2v) is 5.02. The van der Waals surface area contributed by atoms with Crippen LogP contribution in [0.4, 0.5) is 0 Å². The van der Waals surface area contributed by atoms with Gasteiger partial charge in [0.15, 0.2) is 0 Å². The maximum atomic E-state index is 6.04. The van der Waals surface area contributed by atoms with Gasteiger partial charge < -0.3 is 10.3 Å². The third-order valence-electron chi connectivity index (χ3n) is 3.70. The number of hydrogen-bond donors (Lipinski definition) is 1. The van der Waals surface area contributed by atoms with Gasteiger partial charge in [-0.15, -0.1) is 10.2 Å². The highest BCUT2D eigenvalue weighted by Crippen LogP contribution is 2.25. The molecule has 2 aromatic rings. The largest absolute Gasteiger partial charge is 0.326 e. The van der Waals surface area contributed by atoms with Crippen LogP contribution < -0.4 is 5.73 Å². The second kappa shape index (κ2) is 4.53. The van der Waals surface area contributed by atoms with E-state index in [9.17, 15) is 0 Å². The molecule has 0 saturated heterocycles.